The minimum atomic E-state index is -1.18. The third kappa shape index (κ3) is 3.12. The quantitative estimate of drug-likeness (QED) is 0.341. The van der Waals surface area contributed by atoms with Gasteiger partial charge in [-0.1, -0.05) is 0 Å². The van der Waals surface area contributed by atoms with Gasteiger partial charge in [0, 0.05) is 0 Å². The molecule has 0 fully saturated rings. The summed E-state index contributed by atoms with van der Waals surface area (Å²) >= 11 is 0. The average Bonchev–Trinajstić information content (AvgIpc) is 1.35. The molecule has 0 spiro atoms. The van der Waals surface area contributed by atoms with Gasteiger partial charge >= 0.3 is 5.09 Å². The fourth-order valence-electron chi connectivity index (χ4n) is 0.0333. The monoisotopic (exact) mass is 94.0 g/mol. The third-order valence-corrected chi connectivity index (χ3v) is 0.115. The van der Waals surface area contributed by atoms with E-state index in [2.05, 4.69) is 4.94 Å². The van der Waals surface area contributed by atoms with Gasteiger partial charge in [-0.3, -0.25) is 5.21 Å². The second kappa shape index (κ2) is 2.36. The first kappa shape index (κ1) is 5.12. The largest absolute Gasteiger partial charge is 0.313 e. The van der Waals surface area contributed by atoms with Gasteiger partial charge < -0.3 is 0 Å². The van der Waals surface area contributed by atoms with E-state index in [1.807, 2.05) is 0 Å². The summed E-state index contributed by atoms with van der Waals surface area (Å²) in [6, 6.07) is 0. The molecule has 0 rings (SSSR count). The van der Waals surface area contributed by atoms with Gasteiger partial charge in [0.1, 0.15) is 0 Å². The van der Waals surface area contributed by atoms with E-state index in [1.165, 1.54) is 0 Å². The molecule has 0 unspecified atom stereocenters. The molecule has 0 radical (unpaired) electrons. The predicted octanol–water partition coefficient (Wildman–Crippen LogP) is -0.912. The summed E-state index contributed by atoms with van der Waals surface area (Å²) in [7, 11) is 0. The van der Waals surface area contributed by atoms with Crippen LogP contribution in [0.1, 0.15) is 0 Å². The van der Waals surface area contributed by atoms with Crippen LogP contribution in [0.25, 0.3) is 0 Å². The van der Waals surface area contributed by atoms with Gasteiger partial charge in [0.05, 0.1) is 0 Å². The molecule has 0 aromatic heterocycles. The van der Waals surface area contributed by atoms with E-state index in [4.69, 9.17) is 15.3 Å². The van der Waals surface area contributed by atoms with E-state index in [0.717, 1.165) is 5.64 Å². The summed E-state index contributed by atoms with van der Waals surface area (Å²) in [6.07, 6.45) is 0. The van der Waals surface area contributed by atoms with Gasteiger partial charge in [-0.25, -0.2) is 0 Å². The molecule has 0 aliphatic rings. The fourth-order valence-corrected chi connectivity index (χ4v) is 0.0333. The molecule has 0 aliphatic carbocycles. The summed E-state index contributed by atoms with van der Waals surface area (Å²) in [5.74, 6) is 0. The summed E-state index contributed by atoms with van der Waals surface area (Å²) in [6.45, 7) is 0. The van der Waals surface area contributed by atoms with E-state index in [-0.39, 0.29) is 0 Å². The molecular weight excluding hydrogens is 92.0 g/mol. The van der Waals surface area contributed by atoms with Crippen LogP contribution in [0.3, 0.4) is 0 Å². The second-order valence-electron chi connectivity index (χ2n) is 0.406. The maximum atomic E-state index is 8.96. The molecule has 0 heterocycles. The molecule has 0 aliphatic heterocycles. The lowest BCUT2D eigenvalue weighted by Crippen LogP contribution is -2.13. The lowest BCUT2D eigenvalue weighted by molar-refractivity contribution is -0.790. The van der Waals surface area contributed by atoms with Crippen LogP contribution in [0.4, 0.5) is 0 Å². The van der Waals surface area contributed by atoms with Gasteiger partial charge in [-0.2, -0.15) is 4.94 Å². The smallest absolute Gasteiger partial charge is 0.293 e. The number of nitrogens with zero attached hydrogens (tertiary/aromatic N) is 1. The lowest BCUT2D eigenvalue weighted by atomic mass is 12.9. The van der Waals surface area contributed by atoms with Crippen LogP contribution in [0.5, 0.6) is 0 Å². The van der Waals surface area contributed by atoms with Gasteiger partial charge in [-0.15, -0.1) is 10.1 Å². The highest BCUT2D eigenvalue weighted by molar-refractivity contribution is 3.85. The molecule has 6 nitrogen and oxygen atoms in total. The molecule has 0 saturated heterocycles. The van der Waals surface area contributed by atoms with Gasteiger partial charge in [-0.05, 0) is 5.64 Å². The van der Waals surface area contributed by atoms with Crippen molar-refractivity contribution in [2.45, 2.75) is 0 Å². The third-order valence-electron chi connectivity index (χ3n) is 0.115. The van der Waals surface area contributed by atoms with E-state index in [9.17, 15) is 0 Å². The van der Waals surface area contributed by atoms with Crippen LogP contribution in [-0.4, -0.2) is 10.3 Å². The second-order valence-corrected chi connectivity index (χ2v) is 0.406. The Kier molecular flexibility index (Phi) is 2.02. The van der Waals surface area contributed by atoms with Crippen molar-refractivity contribution in [2.75, 3.05) is 0 Å². The van der Waals surface area contributed by atoms with Crippen molar-refractivity contribution < 1.29 is 15.2 Å². The first-order valence-corrected chi connectivity index (χ1v) is 0.975. The van der Waals surface area contributed by atoms with Crippen molar-refractivity contribution in [1.82, 2.24) is 5.64 Å². The SMILES string of the molecule is O=[N+]([O-])ONO. The number of hydrogen-bond donors (Lipinski definition) is 2. The van der Waals surface area contributed by atoms with Crippen LogP contribution in [0.2, 0.25) is 0 Å². The van der Waals surface area contributed by atoms with E-state index >= 15 is 0 Å². The maximum absolute atomic E-state index is 8.96. The minimum absolute atomic E-state index is 0.868. The number of rotatable bonds is 2. The molecule has 0 amide bonds. The fraction of sp³-hybridized carbons (Fsp3) is 0. The first-order valence-electron chi connectivity index (χ1n) is 0.975. The first-order chi connectivity index (χ1) is 2.77. The Morgan fingerprint density at radius 3 is 2.50 bits per heavy atom. The zero-order valence-corrected chi connectivity index (χ0v) is 2.62. The van der Waals surface area contributed by atoms with E-state index in [1.54, 1.807) is 0 Å². The van der Waals surface area contributed by atoms with Crippen molar-refractivity contribution in [3.63, 3.8) is 0 Å². The zero-order chi connectivity index (χ0) is 4.99. The average molecular weight is 94.0 g/mol. The Labute approximate surface area is 32.3 Å². The highest BCUT2D eigenvalue weighted by atomic mass is 17.1. The Morgan fingerprint density at radius 2 is 2.50 bits per heavy atom. The van der Waals surface area contributed by atoms with E-state index < -0.39 is 5.09 Å². The maximum Gasteiger partial charge on any atom is 0.313 e. The molecule has 36 valence electrons. The van der Waals surface area contributed by atoms with Crippen LogP contribution in [0, 0.1) is 10.1 Å². The zero-order valence-electron chi connectivity index (χ0n) is 2.62. The van der Waals surface area contributed by atoms with Gasteiger partial charge in [0.25, 0.3) is 0 Å². The summed E-state index contributed by atoms with van der Waals surface area (Å²) < 4.78 is 0. The molecule has 0 saturated carbocycles. The summed E-state index contributed by atoms with van der Waals surface area (Å²) in [5.41, 5.74) is 0.868. The Balaban J connectivity index is 2.83. The molecular formula is H2N2O4. The van der Waals surface area contributed by atoms with Crippen molar-refractivity contribution in [2.24, 2.45) is 0 Å². The molecule has 2 N–H and O–H groups in total. The van der Waals surface area contributed by atoms with Crippen molar-refractivity contribution in [1.29, 1.82) is 0 Å². The summed E-state index contributed by atoms with van der Waals surface area (Å²) in [4.78, 5) is 12.0. The van der Waals surface area contributed by atoms with Gasteiger partial charge in [0.15, 0.2) is 0 Å². The van der Waals surface area contributed by atoms with Crippen molar-refractivity contribution >= 4 is 0 Å². The molecule has 0 aromatic rings. The molecule has 6 heavy (non-hydrogen) atoms. The molecule has 0 bridgehead atoms. The molecule has 6 heteroatoms. The van der Waals surface area contributed by atoms with Crippen LogP contribution in [-0.2, 0) is 4.94 Å². The molecule has 0 atom stereocenters. The van der Waals surface area contributed by atoms with Crippen LogP contribution >= 0.6 is 0 Å². The predicted molar refractivity (Wildman–Crippen MR) is 13.0 cm³/mol. The Hall–Kier alpha value is -0.880. The van der Waals surface area contributed by atoms with Crippen molar-refractivity contribution in [3.05, 3.63) is 10.1 Å². The number of hydrogen-bond acceptors (Lipinski definition) is 5. The van der Waals surface area contributed by atoms with Crippen LogP contribution in [0.15, 0.2) is 0 Å². The Morgan fingerprint density at radius 1 is 2.00 bits per heavy atom. The minimum Gasteiger partial charge on any atom is -0.293 e. The summed E-state index contributed by atoms with van der Waals surface area (Å²) in [5, 5.41) is 15.1. The highest BCUT2D eigenvalue weighted by Crippen LogP contribution is 1.57. The van der Waals surface area contributed by atoms with E-state index in [0.29, 0.717) is 0 Å². The van der Waals surface area contributed by atoms with Crippen molar-refractivity contribution in [3.8, 4) is 0 Å². The molecule has 0 aromatic carbocycles. The highest BCUT2D eigenvalue weighted by Gasteiger charge is 1.84. The topological polar surface area (TPSA) is 84.6 Å². The standard InChI is InChI=1S/H2N2O4/c3-1-6-2(4)5/h1,3H. The normalized spacial score (nSPS) is 7.50. The van der Waals surface area contributed by atoms with Gasteiger partial charge in [0.2, 0.25) is 0 Å². The lowest BCUT2D eigenvalue weighted by Gasteiger charge is -1.84. The Bertz CT molecular complexity index is 49.5. The van der Waals surface area contributed by atoms with Crippen LogP contribution < -0.4 is 5.64 Å². The number of nitrogens with one attached hydrogen (secondary N) is 1.